The third kappa shape index (κ3) is 5.14. The van der Waals surface area contributed by atoms with Crippen molar-refractivity contribution >= 4 is 38.4 Å². The molecule has 0 fully saturated rings. The highest BCUT2D eigenvalue weighted by molar-refractivity contribution is 9.10. The van der Waals surface area contributed by atoms with Gasteiger partial charge in [-0.1, -0.05) is 13.8 Å². The van der Waals surface area contributed by atoms with Gasteiger partial charge in [0.1, 0.15) is 16.5 Å². The van der Waals surface area contributed by atoms with Crippen molar-refractivity contribution in [2.24, 2.45) is 5.73 Å². The normalized spacial score (nSPS) is 12.1. The van der Waals surface area contributed by atoms with Gasteiger partial charge < -0.3 is 5.73 Å². The van der Waals surface area contributed by atoms with Crippen LogP contribution < -0.4 is 10.5 Å². The summed E-state index contributed by atoms with van der Waals surface area (Å²) in [5, 5.41) is 0. The Bertz CT molecular complexity index is 595. The van der Waals surface area contributed by atoms with Gasteiger partial charge in [-0.2, -0.15) is 0 Å². The summed E-state index contributed by atoms with van der Waals surface area (Å²) in [6.07, 6.45) is 1.12. The molecule has 9 heteroatoms. The highest BCUT2D eigenvalue weighted by atomic mass is 79.9. The first kappa shape index (κ1) is 20.7. The van der Waals surface area contributed by atoms with Crippen molar-refractivity contribution in [1.29, 1.82) is 0 Å². The molecule has 0 aliphatic heterocycles. The van der Waals surface area contributed by atoms with E-state index >= 15 is 0 Å². The van der Waals surface area contributed by atoms with Crippen LogP contribution in [0.1, 0.15) is 26.7 Å². The molecule has 21 heavy (non-hydrogen) atoms. The van der Waals surface area contributed by atoms with E-state index in [-0.39, 0.29) is 23.4 Å². The first-order valence-corrected chi connectivity index (χ1v) is 8.36. The van der Waals surface area contributed by atoms with Crippen LogP contribution in [0.5, 0.6) is 0 Å². The van der Waals surface area contributed by atoms with Crippen molar-refractivity contribution in [2.45, 2.75) is 37.1 Å². The monoisotopic (exact) mass is 406 g/mol. The highest BCUT2D eigenvalue weighted by Crippen LogP contribution is 2.23. The van der Waals surface area contributed by atoms with Gasteiger partial charge in [0.05, 0.1) is 4.47 Å². The minimum atomic E-state index is -4.15. The topological polar surface area (TPSA) is 72.2 Å². The largest absolute Gasteiger partial charge is 0.324 e. The summed E-state index contributed by atoms with van der Waals surface area (Å²) in [6, 6.07) is 1.41. The van der Waals surface area contributed by atoms with E-state index in [1.165, 1.54) is 0 Å². The molecule has 3 N–H and O–H groups in total. The van der Waals surface area contributed by atoms with Gasteiger partial charge in [-0.3, -0.25) is 0 Å². The van der Waals surface area contributed by atoms with Gasteiger partial charge in [0.2, 0.25) is 10.0 Å². The summed E-state index contributed by atoms with van der Waals surface area (Å²) in [6.45, 7) is 3.62. The number of sulfonamides is 1. The Labute approximate surface area is 138 Å². The van der Waals surface area contributed by atoms with Gasteiger partial charge in [-0.25, -0.2) is 21.9 Å². The van der Waals surface area contributed by atoms with Crippen molar-refractivity contribution in [1.82, 2.24) is 4.72 Å². The zero-order chi connectivity index (χ0) is 15.6. The molecule has 0 spiro atoms. The van der Waals surface area contributed by atoms with Crippen LogP contribution in [0.2, 0.25) is 0 Å². The number of nitrogens with one attached hydrogen (secondary N) is 1. The molecule has 0 amide bonds. The fourth-order valence-electron chi connectivity index (χ4n) is 1.53. The Morgan fingerprint density at radius 3 is 2.24 bits per heavy atom. The van der Waals surface area contributed by atoms with Crippen LogP contribution in [0.15, 0.2) is 21.5 Å². The minimum absolute atomic E-state index is 0. The molecule has 1 aromatic carbocycles. The van der Waals surface area contributed by atoms with Gasteiger partial charge in [0.15, 0.2) is 0 Å². The smallest absolute Gasteiger partial charge is 0.243 e. The molecular weight excluding hydrogens is 390 g/mol. The standard InChI is InChI=1S/C12H17BrF2N2O2S.ClH/c1-3-12(16,4-2)7-17-20(18,19)11-6-9(14)8(13)5-10(11)15;/h5-6,17H,3-4,7,16H2,1-2H3;1H. The van der Waals surface area contributed by atoms with Crippen LogP contribution in [0.4, 0.5) is 8.78 Å². The van der Waals surface area contributed by atoms with Crippen LogP contribution in [-0.4, -0.2) is 20.5 Å². The predicted octanol–water partition coefficient (Wildman–Crippen LogP) is 2.94. The maximum atomic E-state index is 13.7. The number of nitrogens with two attached hydrogens (primary N) is 1. The average Bonchev–Trinajstić information content (AvgIpc) is 2.40. The van der Waals surface area contributed by atoms with Crippen molar-refractivity contribution in [2.75, 3.05) is 6.54 Å². The van der Waals surface area contributed by atoms with Gasteiger partial charge in [0, 0.05) is 12.1 Å². The van der Waals surface area contributed by atoms with E-state index in [1.54, 1.807) is 0 Å². The van der Waals surface area contributed by atoms with E-state index in [4.69, 9.17) is 5.73 Å². The lowest BCUT2D eigenvalue weighted by Gasteiger charge is -2.26. The summed E-state index contributed by atoms with van der Waals surface area (Å²) in [7, 11) is -4.15. The third-order valence-corrected chi connectivity index (χ3v) is 5.31. The van der Waals surface area contributed by atoms with Gasteiger partial charge >= 0.3 is 0 Å². The molecule has 1 rings (SSSR count). The Kier molecular flexibility index (Phi) is 7.72. The first-order chi connectivity index (χ1) is 9.15. The molecule has 0 unspecified atom stereocenters. The Morgan fingerprint density at radius 2 is 1.76 bits per heavy atom. The molecule has 0 atom stereocenters. The summed E-state index contributed by atoms with van der Waals surface area (Å²) in [5.41, 5.74) is 5.26. The molecule has 0 aromatic heterocycles. The maximum Gasteiger partial charge on any atom is 0.243 e. The van der Waals surface area contributed by atoms with Gasteiger partial charge in [-0.15, -0.1) is 12.4 Å². The lowest BCUT2D eigenvalue weighted by atomic mass is 9.95. The van der Waals surface area contributed by atoms with Crippen LogP contribution in [0, 0.1) is 11.6 Å². The van der Waals surface area contributed by atoms with Crippen molar-refractivity contribution < 1.29 is 17.2 Å². The van der Waals surface area contributed by atoms with E-state index in [1.807, 2.05) is 13.8 Å². The molecule has 0 radical (unpaired) electrons. The van der Waals surface area contributed by atoms with Crippen LogP contribution in [0.3, 0.4) is 0 Å². The zero-order valence-corrected chi connectivity index (χ0v) is 14.8. The summed E-state index contributed by atoms with van der Waals surface area (Å²) >= 11 is 2.79. The molecule has 0 aliphatic rings. The minimum Gasteiger partial charge on any atom is -0.324 e. The first-order valence-electron chi connectivity index (χ1n) is 6.08. The van der Waals surface area contributed by atoms with E-state index < -0.39 is 32.1 Å². The fourth-order valence-corrected chi connectivity index (χ4v) is 3.05. The SMILES string of the molecule is CCC(N)(CC)CNS(=O)(=O)c1cc(F)c(Br)cc1F.Cl. The number of hydrogen-bond acceptors (Lipinski definition) is 3. The second kappa shape index (κ2) is 7.82. The zero-order valence-electron chi connectivity index (χ0n) is 11.6. The van der Waals surface area contributed by atoms with Crippen LogP contribution in [0.25, 0.3) is 0 Å². The number of halogens is 4. The van der Waals surface area contributed by atoms with E-state index in [2.05, 4.69) is 20.7 Å². The average molecular weight is 408 g/mol. The van der Waals surface area contributed by atoms with Crippen molar-refractivity contribution in [3.05, 3.63) is 28.2 Å². The van der Waals surface area contributed by atoms with Crippen LogP contribution >= 0.6 is 28.3 Å². The van der Waals surface area contributed by atoms with Gasteiger partial charge in [-0.05, 0) is 40.9 Å². The molecule has 0 saturated carbocycles. The third-order valence-electron chi connectivity index (χ3n) is 3.29. The molecular formula is C12H18BrClF2N2O2S. The van der Waals surface area contributed by atoms with Crippen molar-refractivity contribution in [3.63, 3.8) is 0 Å². The maximum absolute atomic E-state index is 13.7. The quantitative estimate of drug-likeness (QED) is 0.712. The molecule has 122 valence electrons. The second-order valence-electron chi connectivity index (χ2n) is 4.59. The highest BCUT2D eigenvalue weighted by Gasteiger charge is 2.26. The molecule has 0 bridgehead atoms. The van der Waals surface area contributed by atoms with Crippen LogP contribution in [-0.2, 0) is 10.0 Å². The molecule has 0 saturated heterocycles. The molecule has 0 aliphatic carbocycles. The lowest BCUT2D eigenvalue weighted by molar-refractivity contribution is 0.391. The predicted molar refractivity (Wildman–Crippen MR) is 84.0 cm³/mol. The summed E-state index contributed by atoms with van der Waals surface area (Å²) < 4.78 is 53.1. The van der Waals surface area contributed by atoms with Gasteiger partial charge in [0.25, 0.3) is 0 Å². The van der Waals surface area contributed by atoms with E-state index in [0.717, 1.165) is 6.07 Å². The number of rotatable bonds is 6. The Balaban J connectivity index is 0.00000400. The molecule has 4 nitrogen and oxygen atoms in total. The molecule has 0 heterocycles. The number of benzene rings is 1. The Hall–Kier alpha value is -0.280. The van der Waals surface area contributed by atoms with E-state index in [0.29, 0.717) is 18.9 Å². The number of hydrogen-bond donors (Lipinski definition) is 2. The molecule has 1 aromatic rings. The van der Waals surface area contributed by atoms with E-state index in [9.17, 15) is 17.2 Å². The summed E-state index contributed by atoms with van der Waals surface area (Å²) in [4.78, 5) is -0.729. The Morgan fingerprint density at radius 1 is 1.24 bits per heavy atom. The van der Waals surface area contributed by atoms with Crippen molar-refractivity contribution in [3.8, 4) is 0 Å². The fraction of sp³-hybridized carbons (Fsp3) is 0.500. The summed E-state index contributed by atoms with van der Waals surface area (Å²) in [5.74, 6) is -1.88. The lowest BCUT2D eigenvalue weighted by Crippen LogP contribution is -2.49. The second-order valence-corrected chi connectivity index (χ2v) is 7.18.